The van der Waals surface area contributed by atoms with E-state index in [0.29, 0.717) is 0 Å². The molecule has 0 aliphatic rings. The summed E-state index contributed by atoms with van der Waals surface area (Å²) in [6.45, 7) is 5.28. The van der Waals surface area contributed by atoms with Crippen LogP contribution in [-0.4, -0.2) is 4.57 Å². The molecule has 1 aromatic rings. The minimum Gasteiger partial charge on any atom is -0.347 e. The van der Waals surface area contributed by atoms with Gasteiger partial charge in [0, 0.05) is 22.0 Å². The number of hydrogen-bond acceptors (Lipinski definition) is 0. The summed E-state index contributed by atoms with van der Waals surface area (Å²) in [5, 5.41) is 0. The van der Waals surface area contributed by atoms with E-state index < -0.39 is 0 Å². The van der Waals surface area contributed by atoms with Crippen LogP contribution in [0.25, 0.3) is 0 Å². The van der Waals surface area contributed by atoms with Crippen LogP contribution in [0.1, 0.15) is 19.4 Å². The van der Waals surface area contributed by atoms with Crippen LogP contribution in [0.3, 0.4) is 0 Å². The lowest BCUT2D eigenvalue weighted by molar-refractivity contribution is 0.790. The van der Waals surface area contributed by atoms with Gasteiger partial charge in [-0.05, 0) is 25.0 Å². The summed E-state index contributed by atoms with van der Waals surface area (Å²) in [4.78, 5) is 0. The lowest BCUT2D eigenvalue weighted by atomic mass is 10.3. The van der Waals surface area contributed by atoms with Gasteiger partial charge in [-0.25, -0.2) is 0 Å². The van der Waals surface area contributed by atoms with Gasteiger partial charge >= 0.3 is 0 Å². The third-order valence-corrected chi connectivity index (χ3v) is 2.28. The molecule has 2 radical (unpaired) electrons. The van der Waals surface area contributed by atoms with Crippen molar-refractivity contribution in [2.24, 2.45) is 0 Å². The van der Waals surface area contributed by atoms with Crippen molar-refractivity contribution in [3.63, 3.8) is 0 Å². The first-order valence-electron chi connectivity index (χ1n) is 3.66. The topological polar surface area (TPSA) is 4.93 Å². The normalized spacial score (nSPS) is 10.3. The molecule has 0 unspecified atom stereocenters. The molecular formula is C8H12NP. The summed E-state index contributed by atoms with van der Waals surface area (Å²) in [7, 11) is 4.39. The van der Waals surface area contributed by atoms with E-state index in [1.807, 2.05) is 0 Å². The number of aromatic nitrogens is 1. The van der Waals surface area contributed by atoms with Gasteiger partial charge in [0.2, 0.25) is 0 Å². The first kappa shape index (κ1) is 7.81. The van der Waals surface area contributed by atoms with E-state index in [1.165, 1.54) is 5.56 Å². The van der Waals surface area contributed by atoms with E-state index in [9.17, 15) is 0 Å². The Labute approximate surface area is 64.6 Å². The van der Waals surface area contributed by atoms with Crippen molar-refractivity contribution in [3.8, 4) is 0 Å². The second-order valence-electron chi connectivity index (χ2n) is 2.30. The first-order valence-corrected chi connectivity index (χ1v) is 4.11. The molecule has 0 atom stereocenters. The SMILES string of the molecule is CCc1ccn(CC)c1[P]. The Morgan fingerprint density at radius 2 is 2.20 bits per heavy atom. The standard InChI is InChI=1S/C8H12NP/c1-3-7-5-6-9(4-2)8(7)10/h5-6H,3-4H2,1-2H3. The zero-order valence-corrected chi connectivity index (χ0v) is 7.36. The average molecular weight is 153 g/mol. The average Bonchev–Trinajstić information content (AvgIpc) is 2.30. The van der Waals surface area contributed by atoms with E-state index in [0.717, 1.165) is 18.4 Å². The van der Waals surface area contributed by atoms with Crippen molar-refractivity contribution < 1.29 is 0 Å². The molecule has 0 amide bonds. The van der Waals surface area contributed by atoms with Crippen LogP contribution < -0.4 is 5.44 Å². The van der Waals surface area contributed by atoms with E-state index in [4.69, 9.17) is 0 Å². The van der Waals surface area contributed by atoms with Gasteiger partial charge in [-0.15, -0.1) is 0 Å². The lowest BCUT2D eigenvalue weighted by Crippen LogP contribution is -2.09. The van der Waals surface area contributed by atoms with E-state index in [-0.39, 0.29) is 0 Å². The van der Waals surface area contributed by atoms with Crippen LogP contribution in [0.4, 0.5) is 0 Å². The van der Waals surface area contributed by atoms with Gasteiger partial charge in [0.1, 0.15) is 0 Å². The molecule has 1 nitrogen and oxygen atoms in total. The lowest BCUT2D eigenvalue weighted by Gasteiger charge is -2.00. The van der Waals surface area contributed by atoms with Gasteiger partial charge in [0.15, 0.2) is 0 Å². The monoisotopic (exact) mass is 153 g/mol. The predicted molar refractivity (Wildman–Crippen MR) is 46.0 cm³/mol. The van der Waals surface area contributed by atoms with Gasteiger partial charge in [-0.3, -0.25) is 0 Å². The summed E-state index contributed by atoms with van der Waals surface area (Å²) in [5.41, 5.74) is 2.45. The molecule has 0 spiro atoms. The maximum absolute atomic E-state index is 4.39. The van der Waals surface area contributed by atoms with E-state index >= 15 is 0 Å². The maximum atomic E-state index is 4.39. The minimum absolute atomic E-state index is 1.01. The van der Waals surface area contributed by atoms with Crippen LogP contribution in [0.15, 0.2) is 12.3 Å². The third-order valence-electron chi connectivity index (χ3n) is 1.74. The molecule has 1 heterocycles. The molecule has 0 saturated heterocycles. The summed E-state index contributed by atoms with van der Waals surface area (Å²) >= 11 is 0. The third kappa shape index (κ3) is 1.24. The highest BCUT2D eigenvalue weighted by Crippen LogP contribution is 2.03. The molecule has 2 heteroatoms. The molecule has 0 aliphatic carbocycles. The Balaban J connectivity index is 2.97. The largest absolute Gasteiger partial charge is 0.347 e. The van der Waals surface area contributed by atoms with Crippen LogP contribution in [0.2, 0.25) is 0 Å². The molecule has 0 saturated carbocycles. The number of aryl methyl sites for hydroxylation is 2. The summed E-state index contributed by atoms with van der Waals surface area (Å²) < 4.78 is 2.14. The molecule has 0 aliphatic heterocycles. The van der Waals surface area contributed by atoms with Gasteiger partial charge in [-0.1, -0.05) is 6.92 Å². The van der Waals surface area contributed by atoms with Crippen molar-refractivity contribution in [3.05, 3.63) is 17.8 Å². The zero-order chi connectivity index (χ0) is 7.56. The molecule has 10 heavy (non-hydrogen) atoms. The van der Waals surface area contributed by atoms with Crippen LogP contribution in [-0.2, 0) is 13.0 Å². The van der Waals surface area contributed by atoms with Crippen molar-refractivity contribution in [1.29, 1.82) is 0 Å². The van der Waals surface area contributed by atoms with Crippen molar-refractivity contribution in [2.45, 2.75) is 26.8 Å². The molecule has 0 N–H and O–H groups in total. The Bertz CT molecular complexity index is 194. The van der Waals surface area contributed by atoms with E-state index in [1.54, 1.807) is 0 Å². The predicted octanol–water partition coefficient (Wildman–Crippen LogP) is 2.11. The molecular weight excluding hydrogens is 141 g/mol. The fraction of sp³-hybridized carbons (Fsp3) is 0.500. The summed E-state index contributed by atoms with van der Waals surface area (Å²) in [6, 6.07) is 2.13. The zero-order valence-electron chi connectivity index (χ0n) is 6.46. The highest BCUT2D eigenvalue weighted by atomic mass is 31.0. The molecule has 54 valence electrons. The highest BCUT2D eigenvalue weighted by molar-refractivity contribution is 7.27. The number of nitrogens with zero attached hydrogens (tertiary/aromatic N) is 1. The molecule has 0 fully saturated rings. The smallest absolute Gasteiger partial charge is 0.0545 e. The second-order valence-corrected chi connectivity index (χ2v) is 2.73. The van der Waals surface area contributed by atoms with Crippen LogP contribution in [0, 0.1) is 0 Å². The minimum atomic E-state index is 1.01. The van der Waals surface area contributed by atoms with Crippen molar-refractivity contribution in [1.82, 2.24) is 4.57 Å². The van der Waals surface area contributed by atoms with Crippen LogP contribution >= 0.6 is 9.24 Å². The highest BCUT2D eigenvalue weighted by Gasteiger charge is 2.00. The van der Waals surface area contributed by atoms with Gasteiger partial charge < -0.3 is 4.57 Å². The molecule has 0 aromatic carbocycles. The Kier molecular flexibility index (Phi) is 2.50. The van der Waals surface area contributed by atoms with Crippen molar-refractivity contribution in [2.75, 3.05) is 0 Å². The number of rotatable bonds is 2. The molecule has 1 rings (SSSR count). The Morgan fingerprint density at radius 1 is 1.50 bits per heavy atom. The molecule has 0 bridgehead atoms. The molecule has 1 aromatic heterocycles. The fourth-order valence-corrected chi connectivity index (χ4v) is 1.48. The van der Waals surface area contributed by atoms with Crippen LogP contribution in [0.5, 0.6) is 0 Å². The number of hydrogen-bond donors (Lipinski definition) is 0. The quantitative estimate of drug-likeness (QED) is 0.573. The Hall–Kier alpha value is -0.290. The van der Waals surface area contributed by atoms with Gasteiger partial charge in [0.05, 0.1) is 5.44 Å². The van der Waals surface area contributed by atoms with Gasteiger partial charge in [-0.2, -0.15) is 0 Å². The fourth-order valence-electron chi connectivity index (χ4n) is 1.04. The van der Waals surface area contributed by atoms with E-state index in [2.05, 4.69) is 39.9 Å². The maximum Gasteiger partial charge on any atom is 0.0545 e. The summed E-state index contributed by atoms with van der Waals surface area (Å²) in [5.74, 6) is 0. The summed E-state index contributed by atoms with van der Waals surface area (Å²) in [6.07, 6.45) is 3.16. The first-order chi connectivity index (χ1) is 4.79. The second kappa shape index (κ2) is 3.21. The Morgan fingerprint density at radius 3 is 2.50 bits per heavy atom. The van der Waals surface area contributed by atoms with Crippen molar-refractivity contribution >= 4 is 14.7 Å². The van der Waals surface area contributed by atoms with Gasteiger partial charge in [0.25, 0.3) is 0 Å².